The van der Waals surface area contributed by atoms with E-state index in [0.29, 0.717) is 13.0 Å². The molecule has 5 heteroatoms. The first-order valence-corrected chi connectivity index (χ1v) is 6.98. The van der Waals surface area contributed by atoms with E-state index in [0.717, 1.165) is 29.4 Å². The van der Waals surface area contributed by atoms with Crippen LogP contribution in [0.15, 0.2) is 24.5 Å². The zero-order chi connectivity index (χ0) is 14.5. The van der Waals surface area contributed by atoms with E-state index in [2.05, 4.69) is 17.2 Å². The highest BCUT2D eigenvalue weighted by Crippen LogP contribution is 2.14. The van der Waals surface area contributed by atoms with Gasteiger partial charge in [-0.2, -0.15) is 0 Å². The van der Waals surface area contributed by atoms with Gasteiger partial charge in [0.15, 0.2) is 0 Å². The van der Waals surface area contributed by atoms with Crippen LogP contribution in [0.25, 0.3) is 11.0 Å². The van der Waals surface area contributed by atoms with Gasteiger partial charge in [-0.1, -0.05) is 25.8 Å². The summed E-state index contributed by atoms with van der Waals surface area (Å²) in [5.41, 5.74) is 3.07. The molecule has 0 unspecified atom stereocenters. The van der Waals surface area contributed by atoms with Gasteiger partial charge in [0.1, 0.15) is 6.04 Å². The Labute approximate surface area is 118 Å². The number of hydrogen-bond donors (Lipinski definition) is 2. The van der Waals surface area contributed by atoms with Crippen molar-refractivity contribution in [3.8, 4) is 0 Å². The highest BCUT2D eigenvalue weighted by Gasteiger charge is 2.15. The number of carboxylic acids is 1. The Morgan fingerprint density at radius 3 is 3.00 bits per heavy atom. The SMILES string of the molecule is CCCC[C@H](NCc1ccc2c(c1)ncn2C)C(=O)O. The van der Waals surface area contributed by atoms with Gasteiger partial charge in [0.2, 0.25) is 0 Å². The maximum Gasteiger partial charge on any atom is 0.320 e. The first-order valence-electron chi connectivity index (χ1n) is 6.98. The number of unbranched alkanes of at least 4 members (excludes halogenated alkanes) is 1. The number of carboxylic acid groups (broad SMARTS) is 1. The molecule has 0 aliphatic carbocycles. The van der Waals surface area contributed by atoms with Crippen LogP contribution in [0.3, 0.4) is 0 Å². The van der Waals surface area contributed by atoms with Gasteiger partial charge in [0.05, 0.1) is 17.4 Å². The monoisotopic (exact) mass is 275 g/mol. The first-order chi connectivity index (χ1) is 9.61. The second-order valence-corrected chi connectivity index (χ2v) is 5.09. The smallest absolute Gasteiger partial charge is 0.320 e. The Kier molecular flexibility index (Phi) is 4.74. The summed E-state index contributed by atoms with van der Waals surface area (Å²) in [6, 6.07) is 5.55. The van der Waals surface area contributed by atoms with Gasteiger partial charge >= 0.3 is 5.97 Å². The van der Waals surface area contributed by atoms with E-state index in [1.807, 2.05) is 29.8 Å². The number of aromatic nitrogens is 2. The van der Waals surface area contributed by atoms with Gasteiger partial charge in [-0.05, 0) is 24.1 Å². The molecule has 0 bridgehead atoms. The number of hydrogen-bond acceptors (Lipinski definition) is 3. The average Bonchev–Trinajstić information content (AvgIpc) is 2.79. The number of nitrogens with zero attached hydrogens (tertiary/aromatic N) is 2. The van der Waals surface area contributed by atoms with Crippen molar-refractivity contribution in [2.45, 2.75) is 38.8 Å². The van der Waals surface area contributed by atoms with Crippen molar-refractivity contribution in [1.29, 1.82) is 0 Å². The lowest BCUT2D eigenvalue weighted by Crippen LogP contribution is -2.36. The Morgan fingerprint density at radius 1 is 1.50 bits per heavy atom. The Morgan fingerprint density at radius 2 is 2.30 bits per heavy atom. The quantitative estimate of drug-likeness (QED) is 0.813. The van der Waals surface area contributed by atoms with Crippen LogP contribution in [0.4, 0.5) is 0 Å². The maximum atomic E-state index is 11.2. The molecule has 1 atom stereocenters. The molecule has 0 amide bonds. The maximum absolute atomic E-state index is 11.2. The van der Waals surface area contributed by atoms with E-state index in [1.165, 1.54) is 0 Å². The molecule has 0 aliphatic rings. The molecule has 0 saturated heterocycles. The largest absolute Gasteiger partial charge is 0.480 e. The second-order valence-electron chi connectivity index (χ2n) is 5.09. The van der Waals surface area contributed by atoms with Crippen LogP contribution in [0.1, 0.15) is 31.7 Å². The molecule has 108 valence electrons. The molecular weight excluding hydrogens is 254 g/mol. The fraction of sp³-hybridized carbons (Fsp3) is 0.467. The van der Waals surface area contributed by atoms with E-state index in [-0.39, 0.29) is 0 Å². The van der Waals surface area contributed by atoms with E-state index in [4.69, 9.17) is 0 Å². The number of carbonyl (C=O) groups is 1. The van der Waals surface area contributed by atoms with Crippen molar-refractivity contribution in [2.75, 3.05) is 0 Å². The van der Waals surface area contributed by atoms with Gasteiger partial charge in [-0.15, -0.1) is 0 Å². The molecule has 0 spiro atoms. The standard InChI is InChI=1S/C15H21N3O2/c1-3-4-5-12(15(19)20)16-9-11-6-7-14-13(8-11)17-10-18(14)2/h6-8,10,12,16H,3-5,9H2,1-2H3,(H,19,20)/t12-/m0/s1. The van der Waals surface area contributed by atoms with E-state index < -0.39 is 12.0 Å². The van der Waals surface area contributed by atoms with E-state index >= 15 is 0 Å². The van der Waals surface area contributed by atoms with Crippen molar-refractivity contribution < 1.29 is 9.90 Å². The summed E-state index contributed by atoms with van der Waals surface area (Å²) in [6.45, 7) is 2.61. The summed E-state index contributed by atoms with van der Waals surface area (Å²) in [7, 11) is 1.96. The summed E-state index contributed by atoms with van der Waals surface area (Å²) in [5, 5.41) is 12.3. The van der Waals surface area contributed by atoms with Crippen molar-refractivity contribution in [2.24, 2.45) is 7.05 Å². The lowest BCUT2D eigenvalue weighted by molar-refractivity contribution is -0.139. The van der Waals surface area contributed by atoms with Crippen LogP contribution in [0, 0.1) is 0 Å². The second kappa shape index (κ2) is 6.52. The summed E-state index contributed by atoms with van der Waals surface area (Å²) in [6.07, 6.45) is 4.37. The zero-order valence-corrected chi connectivity index (χ0v) is 12.0. The Balaban J connectivity index is 2.01. The number of imidazole rings is 1. The fourth-order valence-electron chi connectivity index (χ4n) is 2.25. The van der Waals surface area contributed by atoms with Crippen LogP contribution >= 0.6 is 0 Å². The van der Waals surface area contributed by atoms with Gasteiger partial charge in [0, 0.05) is 13.6 Å². The van der Waals surface area contributed by atoms with Gasteiger partial charge in [0.25, 0.3) is 0 Å². The normalized spacial score (nSPS) is 12.7. The molecule has 2 aromatic rings. The van der Waals surface area contributed by atoms with E-state index in [1.54, 1.807) is 6.33 Å². The fourth-order valence-corrected chi connectivity index (χ4v) is 2.25. The summed E-state index contributed by atoms with van der Waals surface area (Å²) in [5.74, 6) is -0.780. The molecular formula is C15H21N3O2. The minimum Gasteiger partial charge on any atom is -0.480 e. The van der Waals surface area contributed by atoms with Crippen molar-refractivity contribution in [1.82, 2.24) is 14.9 Å². The Bertz CT molecular complexity index is 592. The molecule has 1 aromatic heterocycles. The molecule has 2 rings (SSSR count). The minimum absolute atomic E-state index is 0.477. The van der Waals surface area contributed by atoms with Gasteiger partial charge in [-0.25, -0.2) is 4.98 Å². The minimum atomic E-state index is -0.780. The molecule has 1 aromatic carbocycles. The summed E-state index contributed by atoms with van der Waals surface area (Å²) < 4.78 is 1.97. The van der Waals surface area contributed by atoms with E-state index in [9.17, 15) is 9.90 Å². The topological polar surface area (TPSA) is 67.2 Å². The molecule has 0 saturated carbocycles. The molecule has 2 N–H and O–H groups in total. The number of fused-ring (bicyclic) bond motifs is 1. The highest BCUT2D eigenvalue weighted by molar-refractivity contribution is 5.76. The highest BCUT2D eigenvalue weighted by atomic mass is 16.4. The van der Waals surface area contributed by atoms with Crippen LogP contribution < -0.4 is 5.32 Å². The number of aryl methyl sites for hydroxylation is 1. The van der Waals surface area contributed by atoms with Crippen LogP contribution in [0.2, 0.25) is 0 Å². The Hall–Kier alpha value is -1.88. The number of benzene rings is 1. The van der Waals surface area contributed by atoms with Gasteiger partial charge < -0.3 is 15.0 Å². The average molecular weight is 275 g/mol. The number of nitrogens with one attached hydrogen (secondary N) is 1. The number of rotatable bonds is 7. The predicted molar refractivity (Wildman–Crippen MR) is 78.5 cm³/mol. The van der Waals surface area contributed by atoms with Gasteiger partial charge in [-0.3, -0.25) is 4.79 Å². The lowest BCUT2D eigenvalue weighted by Gasteiger charge is -2.14. The molecule has 5 nitrogen and oxygen atoms in total. The van der Waals surface area contributed by atoms with Crippen molar-refractivity contribution >= 4 is 17.0 Å². The number of aliphatic carboxylic acids is 1. The molecule has 0 radical (unpaired) electrons. The van der Waals surface area contributed by atoms with Crippen molar-refractivity contribution in [3.63, 3.8) is 0 Å². The molecule has 1 heterocycles. The third kappa shape index (κ3) is 3.36. The zero-order valence-electron chi connectivity index (χ0n) is 12.0. The van der Waals surface area contributed by atoms with Crippen LogP contribution in [0.5, 0.6) is 0 Å². The molecule has 0 aliphatic heterocycles. The molecule has 0 fully saturated rings. The predicted octanol–water partition coefficient (Wildman–Crippen LogP) is 2.31. The lowest BCUT2D eigenvalue weighted by atomic mass is 10.1. The first kappa shape index (κ1) is 14.5. The summed E-state index contributed by atoms with van der Waals surface area (Å²) in [4.78, 5) is 15.5. The van der Waals surface area contributed by atoms with Crippen LogP contribution in [-0.2, 0) is 18.4 Å². The molecule has 20 heavy (non-hydrogen) atoms. The van der Waals surface area contributed by atoms with Crippen molar-refractivity contribution in [3.05, 3.63) is 30.1 Å². The van der Waals surface area contributed by atoms with Crippen LogP contribution in [-0.4, -0.2) is 26.7 Å². The third-order valence-electron chi connectivity index (χ3n) is 3.49. The third-order valence-corrected chi connectivity index (χ3v) is 3.49. The summed E-state index contributed by atoms with van der Waals surface area (Å²) >= 11 is 0.